The number of primary amides is 1. The molecule has 1 aliphatic carbocycles. The van der Waals surface area contributed by atoms with Crippen LogP contribution in [0.3, 0.4) is 0 Å². The topological polar surface area (TPSA) is 58.9 Å². The van der Waals surface area contributed by atoms with E-state index in [2.05, 4.69) is 4.98 Å². The Morgan fingerprint density at radius 3 is 3.00 bits per heavy atom. The highest BCUT2D eigenvalue weighted by Crippen LogP contribution is 2.35. The molecular formula is C14H15ClN2O. The van der Waals surface area contributed by atoms with E-state index in [1.165, 1.54) is 5.56 Å². The minimum Gasteiger partial charge on any atom is -0.369 e. The summed E-state index contributed by atoms with van der Waals surface area (Å²) in [6.45, 7) is 0. The normalized spacial score (nSPS) is 19.5. The highest BCUT2D eigenvalue weighted by molar-refractivity contribution is 6.31. The highest BCUT2D eigenvalue weighted by atomic mass is 35.5. The van der Waals surface area contributed by atoms with E-state index < -0.39 is 0 Å². The van der Waals surface area contributed by atoms with Crippen molar-refractivity contribution in [1.82, 2.24) is 4.98 Å². The maximum Gasteiger partial charge on any atom is 0.226 e. The minimum atomic E-state index is -0.240. The number of carbonyl (C=O) groups is 1. The van der Waals surface area contributed by atoms with Gasteiger partial charge in [-0.3, -0.25) is 4.79 Å². The van der Waals surface area contributed by atoms with Gasteiger partial charge in [0.25, 0.3) is 0 Å². The van der Waals surface area contributed by atoms with Crippen LogP contribution in [0.5, 0.6) is 0 Å². The summed E-state index contributed by atoms with van der Waals surface area (Å²) in [6, 6.07) is 5.79. The summed E-state index contributed by atoms with van der Waals surface area (Å²) >= 11 is 6.05. The number of nitrogens with two attached hydrogens (primary N) is 1. The van der Waals surface area contributed by atoms with Crippen molar-refractivity contribution in [3.05, 3.63) is 34.5 Å². The molecule has 0 bridgehead atoms. The molecule has 94 valence electrons. The Morgan fingerprint density at radius 2 is 2.22 bits per heavy atom. The molecule has 1 amide bonds. The number of hydrogen-bond acceptors (Lipinski definition) is 1. The van der Waals surface area contributed by atoms with E-state index in [1.54, 1.807) is 0 Å². The van der Waals surface area contributed by atoms with Gasteiger partial charge in [-0.2, -0.15) is 0 Å². The summed E-state index contributed by atoms with van der Waals surface area (Å²) in [5.41, 5.74) is 8.77. The van der Waals surface area contributed by atoms with Crippen molar-refractivity contribution in [2.45, 2.75) is 31.6 Å². The van der Waals surface area contributed by atoms with E-state index in [1.807, 2.05) is 18.2 Å². The van der Waals surface area contributed by atoms with Crippen molar-refractivity contribution in [2.75, 3.05) is 0 Å². The van der Waals surface area contributed by atoms with Gasteiger partial charge in [0.2, 0.25) is 5.91 Å². The van der Waals surface area contributed by atoms with Crippen molar-refractivity contribution in [3.63, 3.8) is 0 Å². The van der Waals surface area contributed by atoms with E-state index in [9.17, 15) is 4.79 Å². The SMILES string of the molecule is NC(=O)[C@H]1CCCCc2c1[nH]c1ccc(Cl)cc21. The summed E-state index contributed by atoms with van der Waals surface area (Å²) < 4.78 is 0. The second kappa shape index (κ2) is 4.32. The van der Waals surface area contributed by atoms with Gasteiger partial charge in [-0.15, -0.1) is 0 Å². The fourth-order valence-corrected chi connectivity index (χ4v) is 3.06. The van der Waals surface area contributed by atoms with E-state index in [0.29, 0.717) is 0 Å². The first kappa shape index (κ1) is 11.6. The van der Waals surface area contributed by atoms with Crippen molar-refractivity contribution < 1.29 is 4.79 Å². The molecule has 0 saturated carbocycles. The van der Waals surface area contributed by atoms with Crippen LogP contribution in [-0.2, 0) is 11.2 Å². The third-order valence-electron chi connectivity index (χ3n) is 3.76. The van der Waals surface area contributed by atoms with Crippen LogP contribution in [0.2, 0.25) is 5.02 Å². The summed E-state index contributed by atoms with van der Waals surface area (Å²) in [5, 5.41) is 1.86. The summed E-state index contributed by atoms with van der Waals surface area (Å²) in [7, 11) is 0. The molecule has 0 spiro atoms. The predicted molar refractivity (Wildman–Crippen MR) is 72.8 cm³/mol. The number of halogens is 1. The predicted octanol–water partition coefficient (Wildman–Crippen LogP) is 3.12. The molecule has 2 aromatic rings. The number of fused-ring (bicyclic) bond motifs is 3. The summed E-state index contributed by atoms with van der Waals surface area (Å²) in [4.78, 5) is 14.9. The molecule has 3 rings (SSSR count). The van der Waals surface area contributed by atoms with E-state index in [4.69, 9.17) is 17.3 Å². The number of carbonyl (C=O) groups excluding carboxylic acids is 1. The number of benzene rings is 1. The van der Waals surface area contributed by atoms with Gasteiger partial charge < -0.3 is 10.7 Å². The van der Waals surface area contributed by atoms with Gasteiger partial charge in [0.1, 0.15) is 0 Å². The molecule has 0 radical (unpaired) electrons. The van der Waals surface area contributed by atoms with Crippen LogP contribution in [-0.4, -0.2) is 10.9 Å². The molecule has 18 heavy (non-hydrogen) atoms. The first-order chi connectivity index (χ1) is 8.66. The third-order valence-corrected chi connectivity index (χ3v) is 4.00. The van der Waals surface area contributed by atoms with Crippen molar-refractivity contribution in [1.29, 1.82) is 0 Å². The number of aromatic amines is 1. The quantitative estimate of drug-likeness (QED) is 0.762. The van der Waals surface area contributed by atoms with Crippen LogP contribution in [0.15, 0.2) is 18.2 Å². The van der Waals surface area contributed by atoms with Crippen molar-refractivity contribution in [3.8, 4) is 0 Å². The van der Waals surface area contributed by atoms with E-state index in [-0.39, 0.29) is 11.8 Å². The molecule has 0 saturated heterocycles. The number of H-pyrrole nitrogens is 1. The van der Waals surface area contributed by atoms with Gasteiger partial charge in [-0.25, -0.2) is 0 Å². The second-order valence-electron chi connectivity index (χ2n) is 4.91. The molecule has 3 nitrogen and oxygen atoms in total. The molecule has 1 atom stereocenters. The lowest BCUT2D eigenvalue weighted by Crippen LogP contribution is -2.21. The lowest BCUT2D eigenvalue weighted by molar-refractivity contribution is -0.119. The van der Waals surface area contributed by atoms with Crippen LogP contribution < -0.4 is 5.73 Å². The van der Waals surface area contributed by atoms with Gasteiger partial charge in [0.15, 0.2) is 0 Å². The molecule has 3 N–H and O–H groups in total. The molecule has 1 aromatic carbocycles. The van der Waals surface area contributed by atoms with E-state index in [0.717, 1.165) is 47.3 Å². The second-order valence-corrected chi connectivity index (χ2v) is 5.34. The number of hydrogen-bond donors (Lipinski definition) is 2. The third kappa shape index (κ3) is 1.79. The monoisotopic (exact) mass is 262 g/mol. The molecule has 1 aromatic heterocycles. The number of aromatic nitrogens is 1. The molecule has 0 fully saturated rings. The summed E-state index contributed by atoms with van der Waals surface area (Å²) in [5.74, 6) is -0.426. The van der Waals surface area contributed by atoms with Crippen LogP contribution in [0, 0.1) is 0 Å². The number of amides is 1. The Kier molecular flexibility index (Phi) is 2.78. The maximum absolute atomic E-state index is 11.6. The first-order valence-corrected chi connectivity index (χ1v) is 6.64. The lowest BCUT2D eigenvalue weighted by atomic mass is 9.98. The zero-order valence-electron chi connectivity index (χ0n) is 10.0. The Balaban J connectivity index is 2.24. The Morgan fingerprint density at radius 1 is 1.39 bits per heavy atom. The molecule has 1 heterocycles. The van der Waals surface area contributed by atoms with E-state index >= 15 is 0 Å². The van der Waals surface area contributed by atoms with Crippen LogP contribution in [0.4, 0.5) is 0 Å². The number of nitrogens with one attached hydrogen (secondary N) is 1. The number of aryl methyl sites for hydroxylation is 1. The molecule has 4 heteroatoms. The zero-order chi connectivity index (χ0) is 12.7. The van der Waals surface area contributed by atoms with Gasteiger partial charge in [-0.1, -0.05) is 18.0 Å². The molecular weight excluding hydrogens is 248 g/mol. The average Bonchev–Trinajstić information content (AvgIpc) is 2.55. The number of rotatable bonds is 1. The minimum absolute atomic E-state index is 0.186. The lowest BCUT2D eigenvalue weighted by Gasteiger charge is -2.09. The standard InChI is InChI=1S/C14H15ClN2O/c15-8-5-6-12-11(7-8)9-3-1-2-4-10(14(16)18)13(9)17-12/h5-7,10,17H,1-4H2,(H2,16,18)/t10-/m0/s1. The zero-order valence-corrected chi connectivity index (χ0v) is 10.8. The summed E-state index contributed by atoms with van der Waals surface area (Å²) in [6.07, 6.45) is 3.96. The Labute approximate surface area is 110 Å². The maximum atomic E-state index is 11.6. The molecule has 0 aliphatic heterocycles. The van der Waals surface area contributed by atoms with Crippen molar-refractivity contribution in [2.24, 2.45) is 5.73 Å². The molecule has 0 unspecified atom stereocenters. The molecule has 1 aliphatic rings. The fourth-order valence-electron chi connectivity index (χ4n) is 2.89. The highest BCUT2D eigenvalue weighted by Gasteiger charge is 2.26. The van der Waals surface area contributed by atoms with Gasteiger partial charge in [0, 0.05) is 21.6 Å². The van der Waals surface area contributed by atoms with Gasteiger partial charge in [-0.05, 0) is 43.0 Å². The van der Waals surface area contributed by atoms with Gasteiger partial charge in [0.05, 0.1) is 5.92 Å². The van der Waals surface area contributed by atoms with Crippen LogP contribution in [0.25, 0.3) is 10.9 Å². The van der Waals surface area contributed by atoms with Crippen LogP contribution in [0.1, 0.15) is 36.4 Å². The Hall–Kier alpha value is -1.48. The fraction of sp³-hybridized carbons (Fsp3) is 0.357. The Bertz CT molecular complexity index is 618. The smallest absolute Gasteiger partial charge is 0.226 e. The average molecular weight is 263 g/mol. The largest absolute Gasteiger partial charge is 0.369 e. The van der Waals surface area contributed by atoms with Crippen LogP contribution >= 0.6 is 11.6 Å². The first-order valence-electron chi connectivity index (χ1n) is 6.26. The van der Waals surface area contributed by atoms with Crippen molar-refractivity contribution >= 4 is 28.4 Å². The van der Waals surface area contributed by atoms with Gasteiger partial charge >= 0.3 is 0 Å².